The third kappa shape index (κ3) is 7.13. The second-order valence-electron chi connectivity index (χ2n) is 12.6. The molecule has 2 fully saturated rings. The quantitative estimate of drug-likeness (QED) is 0.198. The molecule has 2 aliphatic rings. The number of hydrogen-bond acceptors (Lipinski definition) is 6. The van der Waals surface area contributed by atoms with E-state index >= 15 is 0 Å². The summed E-state index contributed by atoms with van der Waals surface area (Å²) in [6, 6.07) is 10.8. The van der Waals surface area contributed by atoms with Crippen molar-refractivity contribution >= 4 is 40.1 Å². The number of likely N-dealkylation sites (tertiary alicyclic amines) is 1. The Hall–Kier alpha value is -3.62. The van der Waals surface area contributed by atoms with E-state index in [-0.39, 0.29) is 44.7 Å². The number of carbonyl (C=O) groups is 2. The lowest BCUT2D eigenvalue weighted by molar-refractivity contribution is -0.127. The van der Waals surface area contributed by atoms with Crippen LogP contribution in [0.2, 0.25) is 0 Å². The van der Waals surface area contributed by atoms with Crippen LogP contribution < -0.4 is 10.6 Å². The van der Waals surface area contributed by atoms with E-state index < -0.39 is 12.3 Å². The number of allylic oxidation sites excluding steroid dienone is 1. The van der Waals surface area contributed by atoms with E-state index in [9.17, 15) is 23.6 Å². The Morgan fingerprint density at radius 1 is 1.21 bits per heavy atom. The Balaban J connectivity index is 1.44. The van der Waals surface area contributed by atoms with Gasteiger partial charge in [-0.25, -0.2) is 13.8 Å². The fourth-order valence-electron chi connectivity index (χ4n) is 5.21. The predicted molar refractivity (Wildman–Crippen MR) is 164 cm³/mol. The maximum atomic E-state index is 13.4. The first-order valence-corrected chi connectivity index (χ1v) is 15.6. The first kappa shape index (κ1) is 30.8. The molecule has 1 aliphatic heterocycles. The van der Waals surface area contributed by atoms with Crippen LogP contribution in [0.3, 0.4) is 0 Å². The molecular formula is C32H38F2N6O2S. The van der Waals surface area contributed by atoms with Gasteiger partial charge in [0.05, 0.1) is 26.8 Å². The van der Waals surface area contributed by atoms with Gasteiger partial charge in [0, 0.05) is 25.7 Å². The summed E-state index contributed by atoms with van der Waals surface area (Å²) < 4.78 is 28.2. The van der Waals surface area contributed by atoms with Crippen molar-refractivity contribution in [3.05, 3.63) is 57.3 Å². The zero-order valence-electron chi connectivity index (χ0n) is 25.0. The van der Waals surface area contributed by atoms with E-state index in [1.54, 1.807) is 11.0 Å². The molecule has 11 heteroatoms. The second kappa shape index (κ2) is 12.5. The van der Waals surface area contributed by atoms with E-state index in [1.807, 2.05) is 22.8 Å². The summed E-state index contributed by atoms with van der Waals surface area (Å²) in [4.78, 5) is 33.0. The van der Waals surface area contributed by atoms with Gasteiger partial charge in [-0.15, -0.1) is 11.3 Å². The number of nitrogens with one attached hydrogen (secondary N) is 2. The van der Waals surface area contributed by atoms with Gasteiger partial charge < -0.3 is 14.8 Å². The molecule has 0 bridgehead atoms. The Labute approximate surface area is 254 Å². The number of thiophene rings is 1. The Kier molecular flexibility index (Phi) is 8.99. The fraction of sp³-hybridized carbons (Fsp3) is 0.500. The lowest BCUT2D eigenvalue weighted by Crippen LogP contribution is -2.39. The molecule has 0 spiro atoms. The number of hydrogen-bond donors (Lipinski definition) is 2. The fourth-order valence-corrected chi connectivity index (χ4v) is 5.97. The van der Waals surface area contributed by atoms with Crippen molar-refractivity contribution in [1.82, 2.24) is 19.8 Å². The van der Waals surface area contributed by atoms with Gasteiger partial charge in [-0.3, -0.25) is 14.9 Å². The number of carbonyl (C=O) groups excluding carboxylic acids is 2. The van der Waals surface area contributed by atoms with Crippen LogP contribution in [0.5, 0.6) is 0 Å². The summed E-state index contributed by atoms with van der Waals surface area (Å²) in [7, 11) is 0. The van der Waals surface area contributed by atoms with Crippen LogP contribution in [0.15, 0.2) is 42.0 Å². The van der Waals surface area contributed by atoms with Gasteiger partial charge in [0.15, 0.2) is 0 Å². The van der Waals surface area contributed by atoms with Gasteiger partial charge in [-0.2, -0.15) is 5.26 Å². The minimum absolute atomic E-state index is 0.0962. The number of nitriles is 1. The van der Waals surface area contributed by atoms with Crippen LogP contribution in [0.1, 0.15) is 79.9 Å². The smallest absolute Gasteiger partial charge is 0.272 e. The van der Waals surface area contributed by atoms with Crippen molar-refractivity contribution in [2.45, 2.75) is 85.0 Å². The van der Waals surface area contributed by atoms with Gasteiger partial charge in [-0.05, 0) is 73.8 Å². The normalized spacial score (nSPS) is 18.3. The van der Waals surface area contributed by atoms with Gasteiger partial charge in [0.25, 0.3) is 18.2 Å². The largest absolute Gasteiger partial charge is 0.333 e. The standard InChI is InChI=1S/C32H38F2N6O2S/c1-19(32(2,3)4)36-17-21-9-10-25-24(15-21)37-31(38-29(41)27-12-11-26(43-27)28(33)34)40(25)18-23-6-5-13-39(23)30(42)22(16-35)14-20-7-8-20/h9-12,14-15,19-20,23,28,36H,5-8,13,17-18H2,1-4H3,(H,37,38,41)/b22-14+/t19-,23+/m0/s1. The number of imidazole rings is 1. The molecule has 2 amide bonds. The Morgan fingerprint density at radius 3 is 2.63 bits per heavy atom. The molecule has 0 unspecified atom stereocenters. The highest BCUT2D eigenvalue weighted by atomic mass is 32.1. The molecule has 43 heavy (non-hydrogen) atoms. The van der Waals surface area contributed by atoms with E-state index in [0.29, 0.717) is 31.1 Å². The average Bonchev–Trinajstić information content (AvgIpc) is 3.33. The highest BCUT2D eigenvalue weighted by Crippen LogP contribution is 2.33. The highest BCUT2D eigenvalue weighted by molar-refractivity contribution is 7.14. The molecule has 1 aromatic carbocycles. The molecule has 2 aromatic heterocycles. The number of halogens is 2. The Morgan fingerprint density at radius 2 is 1.98 bits per heavy atom. The summed E-state index contributed by atoms with van der Waals surface area (Å²) in [5, 5.41) is 16.1. The maximum Gasteiger partial charge on any atom is 0.272 e. The average molecular weight is 609 g/mol. The number of amides is 2. The van der Waals surface area contributed by atoms with Crippen molar-refractivity contribution in [2.75, 3.05) is 11.9 Å². The lowest BCUT2D eigenvalue weighted by atomic mass is 9.88. The number of nitrogens with zero attached hydrogens (tertiary/aromatic N) is 4. The molecule has 228 valence electrons. The lowest BCUT2D eigenvalue weighted by Gasteiger charge is -2.28. The number of alkyl halides is 2. The monoisotopic (exact) mass is 608 g/mol. The van der Waals surface area contributed by atoms with E-state index in [0.717, 1.165) is 48.1 Å². The first-order chi connectivity index (χ1) is 20.4. The Bertz CT molecular complexity index is 1580. The maximum absolute atomic E-state index is 13.4. The van der Waals surface area contributed by atoms with Crippen molar-refractivity contribution in [3.63, 3.8) is 0 Å². The molecule has 1 saturated heterocycles. The van der Waals surface area contributed by atoms with Crippen molar-refractivity contribution in [2.24, 2.45) is 11.3 Å². The highest BCUT2D eigenvalue weighted by Gasteiger charge is 2.33. The molecule has 2 atom stereocenters. The van der Waals surface area contributed by atoms with Crippen LogP contribution in [-0.4, -0.2) is 44.9 Å². The number of benzene rings is 1. The third-order valence-corrected chi connectivity index (χ3v) is 9.51. The zero-order valence-corrected chi connectivity index (χ0v) is 25.8. The van der Waals surface area contributed by atoms with Crippen LogP contribution >= 0.6 is 11.3 Å². The van der Waals surface area contributed by atoms with E-state index in [1.165, 1.54) is 12.1 Å². The molecule has 3 aromatic rings. The minimum atomic E-state index is -2.65. The number of rotatable bonds is 10. The van der Waals surface area contributed by atoms with Gasteiger partial charge in [0.1, 0.15) is 11.6 Å². The van der Waals surface area contributed by atoms with Gasteiger partial charge in [-0.1, -0.05) is 32.9 Å². The van der Waals surface area contributed by atoms with Crippen molar-refractivity contribution < 1.29 is 18.4 Å². The van der Waals surface area contributed by atoms with Crippen LogP contribution in [0, 0.1) is 22.7 Å². The molecule has 1 aliphatic carbocycles. The van der Waals surface area contributed by atoms with Crippen LogP contribution in [-0.2, 0) is 17.9 Å². The molecule has 1 saturated carbocycles. The summed E-state index contributed by atoms with van der Waals surface area (Å²) in [5.74, 6) is -0.190. The summed E-state index contributed by atoms with van der Waals surface area (Å²) in [6.07, 6.45) is 2.70. The summed E-state index contributed by atoms with van der Waals surface area (Å²) in [5.41, 5.74) is 2.79. The predicted octanol–water partition coefficient (Wildman–Crippen LogP) is 6.66. The molecule has 2 N–H and O–H groups in total. The minimum Gasteiger partial charge on any atom is -0.333 e. The van der Waals surface area contributed by atoms with E-state index in [4.69, 9.17) is 4.98 Å². The summed E-state index contributed by atoms with van der Waals surface area (Å²) >= 11 is 0.750. The number of anilines is 1. The van der Waals surface area contributed by atoms with Crippen molar-refractivity contribution in [3.8, 4) is 6.07 Å². The van der Waals surface area contributed by atoms with Crippen LogP contribution in [0.4, 0.5) is 14.7 Å². The third-order valence-electron chi connectivity index (χ3n) is 8.42. The van der Waals surface area contributed by atoms with E-state index in [2.05, 4.69) is 44.4 Å². The first-order valence-electron chi connectivity index (χ1n) is 14.8. The molecule has 0 radical (unpaired) electrons. The van der Waals surface area contributed by atoms with Gasteiger partial charge >= 0.3 is 0 Å². The number of aromatic nitrogens is 2. The van der Waals surface area contributed by atoms with Crippen LogP contribution in [0.25, 0.3) is 11.0 Å². The second-order valence-corrected chi connectivity index (χ2v) is 13.7. The van der Waals surface area contributed by atoms with Crippen molar-refractivity contribution in [1.29, 1.82) is 5.26 Å². The molecule has 5 rings (SSSR count). The SMILES string of the molecule is C[C@H](NCc1ccc2c(c1)nc(NC(=O)c1ccc(C(F)F)s1)n2C[C@H]1CCCN1C(=O)/C(C#N)=C/C1CC1)C(C)(C)C. The zero-order chi connectivity index (χ0) is 30.9. The topological polar surface area (TPSA) is 103 Å². The van der Waals surface area contributed by atoms with Gasteiger partial charge in [0.2, 0.25) is 5.95 Å². The molecular weight excluding hydrogens is 570 g/mol. The molecule has 3 heterocycles. The molecule has 8 nitrogen and oxygen atoms in total. The summed E-state index contributed by atoms with van der Waals surface area (Å²) in [6.45, 7) is 10.3. The number of fused-ring (bicyclic) bond motifs is 1.